The second-order valence-corrected chi connectivity index (χ2v) is 6.14. The maximum absolute atomic E-state index is 6.12. The van der Waals surface area contributed by atoms with E-state index in [1.54, 1.807) is 0 Å². The Hall–Kier alpha value is -0.840. The van der Waals surface area contributed by atoms with Crippen molar-refractivity contribution in [3.8, 4) is 0 Å². The van der Waals surface area contributed by atoms with E-state index < -0.39 is 0 Å². The van der Waals surface area contributed by atoms with E-state index in [-0.39, 0.29) is 0 Å². The molecule has 2 aromatic heterocycles. The van der Waals surface area contributed by atoms with Gasteiger partial charge in [-0.05, 0) is 30.4 Å². The first kappa shape index (κ1) is 13.2. The Labute approximate surface area is 126 Å². The van der Waals surface area contributed by atoms with Gasteiger partial charge in [0.2, 0.25) is 0 Å². The van der Waals surface area contributed by atoms with Crippen LogP contribution >= 0.6 is 34.5 Å². The van der Waals surface area contributed by atoms with Crippen molar-refractivity contribution in [3.05, 3.63) is 38.9 Å². The van der Waals surface area contributed by atoms with Crippen molar-refractivity contribution in [1.29, 1.82) is 0 Å². The summed E-state index contributed by atoms with van der Waals surface area (Å²) in [6.45, 7) is 3.13. The summed E-state index contributed by atoms with van der Waals surface area (Å²) >= 11 is 13.9. The van der Waals surface area contributed by atoms with Crippen molar-refractivity contribution in [2.45, 2.75) is 25.3 Å². The minimum absolute atomic E-state index is 0.294. The summed E-state index contributed by atoms with van der Waals surface area (Å²) in [7, 11) is 0. The summed E-state index contributed by atoms with van der Waals surface area (Å²) in [5.74, 6) is 1.19. The summed E-state index contributed by atoms with van der Waals surface area (Å²) in [5.41, 5.74) is 2.20. The van der Waals surface area contributed by atoms with Gasteiger partial charge in [-0.25, -0.2) is 9.97 Å². The first-order valence-electron chi connectivity index (χ1n) is 6.10. The van der Waals surface area contributed by atoms with Crippen LogP contribution in [0, 0.1) is 0 Å². The van der Waals surface area contributed by atoms with E-state index in [1.165, 1.54) is 16.8 Å². The second kappa shape index (κ2) is 5.27. The fourth-order valence-corrected chi connectivity index (χ4v) is 4.02. The number of halogens is 2. The highest BCUT2D eigenvalue weighted by molar-refractivity contribution is 7.10. The van der Waals surface area contributed by atoms with Crippen molar-refractivity contribution in [3.63, 3.8) is 0 Å². The fourth-order valence-electron chi connectivity index (χ4n) is 2.54. The van der Waals surface area contributed by atoms with Crippen LogP contribution in [0.4, 0.5) is 5.82 Å². The number of rotatable bonds is 2. The Morgan fingerprint density at radius 2 is 2.32 bits per heavy atom. The molecule has 3 nitrogen and oxygen atoms in total. The molecule has 3 heterocycles. The van der Waals surface area contributed by atoms with Crippen molar-refractivity contribution in [2.75, 3.05) is 11.4 Å². The SMILES string of the molecule is CC1c2ccsc2CCN1c1ncnc(Cl)c1CCl. The Morgan fingerprint density at radius 1 is 1.47 bits per heavy atom. The van der Waals surface area contributed by atoms with E-state index in [9.17, 15) is 0 Å². The summed E-state index contributed by atoms with van der Waals surface area (Å²) in [6.07, 6.45) is 2.55. The zero-order chi connectivity index (χ0) is 13.4. The zero-order valence-electron chi connectivity index (χ0n) is 10.4. The predicted molar refractivity (Wildman–Crippen MR) is 80.4 cm³/mol. The van der Waals surface area contributed by atoms with Crippen LogP contribution in [0.5, 0.6) is 0 Å². The number of nitrogens with zero attached hydrogens (tertiary/aromatic N) is 3. The van der Waals surface area contributed by atoms with E-state index in [1.807, 2.05) is 11.3 Å². The van der Waals surface area contributed by atoms with Crippen LogP contribution < -0.4 is 4.90 Å². The smallest absolute Gasteiger partial charge is 0.138 e. The number of aromatic nitrogens is 2. The van der Waals surface area contributed by atoms with Gasteiger partial charge in [-0.3, -0.25) is 0 Å². The topological polar surface area (TPSA) is 29.0 Å². The molecule has 0 aliphatic carbocycles. The molecule has 100 valence electrons. The molecule has 0 radical (unpaired) electrons. The van der Waals surface area contributed by atoms with E-state index >= 15 is 0 Å². The molecule has 0 aromatic carbocycles. The zero-order valence-corrected chi connectivity index (χ0v) is 12.8. The number of anilines is 1. The molecule has 0 saturated carbocycles. The molecular formula is C13H13Cl2N3S. The molecule has 0 amide bonds. The van der Waals surface area contributed by atoms with Crippen LogP contribution in [0.2, 0.25) is 5.15 Å². The molecular weight excluding hydrogens is 301 g/mol. The molecule has 1 unspecified atom stereocenters. The molecule has 0 bridgehead atoms. The number of alkyl halides is 1. The van der Waals surface area contributed by atoms with Gasteiger partial charge >= 0.3 is 0 Å². The second-order valence-electron chi connectivity index (χ2n) is 4.52. The highest BCUT2D eigenvalue weighted by Gasteiger charge is 2.27. The Kier molecular flexibility index (Phi) is 3.65. The Bertz CT molecular complexity index is 599. The van der Waals surface area contributed by atoms with Crippen LogP contribution in [0.25, 0.3) is 0 Å². The predicted octanol–water partition coefficient (Wildman–Crippen LogP) is 4.05. The van der Waals surface area contributed by atoms with E-state index in [2.05, 4.69) is 33.2 Å². The lowest BCUT2D eigenvalue weighted by molar-refractivity contribution is 0.622. The molecule has 19 heavy (non-hydrogen) atoms. The highest BCUT2D eigenvalue weighted by atomic mass is 35.5. The van der Waals surface area contributed by atoms with Gasteiger partial charge in [-0.15, -0.1) is 22.9 Å². The maximum Gasteiger partial charge on any atom is 0.138 e. The lowest BCUT2D eigenvalue weighted by atomic mass is 10.0. The molecule has 2 aromatic rings. The third-order valence-electron chi connectivity index (χ3n) is 3.55. The summed E-state index contributed by atoms with van der Waals surface area (Å²) in [4.78, 5) is 12.1. The summed E-state index contributed by atoms with van der Waals surface area (Å²) in [6, 6.07) is 2.49. The third-order valence-corrected chi connectivity index (χ3v) is 5.14. The molecule has 0 saturated heterocycles. The molecule has 0 N–H and O–H groups in total. The van der Waals surface area contributed by atoms with E-state index in [0.717, 1.165) is 24.3 Å². The van der Waals surface area contributed by atoms with Gasteiger partial charge in [0.25, 0.3) is 0 Å². The van der Waals surface area contributed by atoms with Crippen molar-refractivity contribution in [2.24, 2.45) is 0 Å². The molecule has 0 fully saturated rings. The lowest BCUT2D eigenvalue weighted by Gasteiger charge is -2.35. The molecule has 1 aliphatic heterocycles. The van der Waals surface area contributed by atoms with Crippen molar-refractivity contribution in [1.82, 2.24) is 9.97 Å². The molecule has 1 aliphatic rings. The van der Waals surface area contributed by atoms with Gasteiger partial charge in [0.1, 0.15) is 17.3 Å². The largest absolute Gasteiger partial charge is 0.349 e. The van der Waals surface area contributed by atoms with Gasteiger partial charge in [0.05, 0.1) is 11.9 Å². The fraction of sp³-hybridized carbons (Fsp3) is 0.385. The highest BCUT2D eigenvalue weighted by Crippen LogP contribution is 2.37. The summed E-state index contributed by atoms with van der Waals surface area (Å²) in [5, 5.41) is 2.60. The molecule has 3 rings (SSSR count). The molecule has 0 spiro atoms. The van der Waals surface area contributed by atoms with Crippen LogP contribution in [-0.4, -0.2) is 16.5 Å². The van der Waals surface area contributed by atoms with E-state index in [0.29, 0.717) is 17.1 Å². The average molecular weight is 314 g/mol. The first-order chi connectivity index (χ1) is 9.22. The van der Waals surface area contributed by atoms with Crippen molar-refractivity contribution >= 4 is 40.4 Å². The minimum atomic E-state index is 0.294. The van der Waals surface area contributed by atoms with Crippen LogP contribution in [0.1, 0.15) is 29.0 Å². The van der Waals surface area contributed by atoms with Gasteiger partial charge in [0, 0.05) is 17.0 Å². The number of thiophene rings is 1. The van der Waals surface area contributed by atoms with E-state index in [4.69, 9.17) is 23.2 Å². The standard InChI is InChI=1S/C13H13Cl2N3S/c1-8-9-3-5-19-11(9)2-4-18(8)13-10(6-14)12(15)16-7-17-13/h3,5,7-8H,2,4,6H2,1H3. The number of hydrogen-bond acceptors (Lipinski definition) is 4. The monoisotopic (exact) mass is 313 g/mol. The van der Waals surface area contributed by atoms with Gasteiger partial charge in [-0.2, -0.15) is 0 Å². The van der Waals surface area contributed by atoms with Crippen LogP contribution in [0.15, 0.2) is 17.8 Å². The quantitative estimate of drug-likeness (QED) is 0.618. The first-order valence-corrected chi connectivity index (χ1v) is 7.89. The minimum Gasteiger partial charge on any atom is -0.349 e. The lowest BCUT2D eigenvalue weighted by Crippen LogP contribution is -2.34. The molecule has 6 heteroatoms. The molecule has 1 atom stereocenters. The third kappa shape index (κ3) is 2.22. The Morgan fingerprint density at radius 3 is 3.11 bits per heavy atom. The maximum atomic E-state index is 6.12. The summed E-state index contributed by atoms with van der Waals surface area (Å²) < 4.78 is 0. The van der Waals surface area contributed by atoms with Crippen molar-refractivity contribution < 1.29 is 0 Å². The van der Waals surface area contributed by atoms with Crippen LogP contribution in [-0.2, 0) is 12.3 Å². The van der Waals surface area contributed by atoms with Gasteiger partial charge in [0.15, 0.2) is 0 Å². The normalized spacial score (nSPS) is 18.5. The average Bonchev–Trinajstić information content (AvgIpc) is 2.88. The van der Waals surface area contributed by atoms with Gasteiger partial charge < -0.3 is 4.90 Å². The number of fused-ring (bicyclic) bond motifs is 1. The number of hydrogen-bond donors (Lipinski definition) is 0. The Balaban J connectivity index is 2.02. The van der Waals surface area contributed by atoms with Crippen LogP contribution in [0.3, 0.4) is 0 Å². The van der Waals surface area contributed by atoms with Gasteiger partial charge in [-0.1, -0.05) is 11.6 Å².